The van der Waals surface area contributed by atoms with Crippen molar-refractivity contribution in [3.63, 3.8) is 0 Å². The third-order valence-corrected chi connectivity index (χ3v) is 5.53. The van der Waals surface area contributed by atoms with Crippen molar-refractivity contribution in [3.8, 4) is 0 Å². The van der Waals surface area contributed by atoms with Gasteiger partial charge in [-0.2, -0.15) is 0 Å². The minimum Gasteiger partial charge on any atom is -0.466 e. The van der Waals surface area contributed by atoms with Gasteiger partial charge in [-0.15, -0.1) is 9.24 Å². The highest BCUT2D eigenvalue weighted by Gasteiger charge is 2.31. The summed E-state index contributed by atoms with van der Waals surface area (Å²) >= 11 is 0. The predicted octanol–water partition coefficient (Wildman–Crippen LogP) is 3.95. The van der Waals surface area contributed by atoms with Gasteiger partial charge in [0.1, 0.15) is 0 Å². The van der Waals surface area contributed by atoms with Crippen LogP contribution in [0.5, 0.6) is 0 Å². The Morgan fingerprint density at radius 3 is 2.33 bits per heavy atom. The number of hydrogen-bond acceptors (Lipinski definition) is 3. The molecular weight excluding hydrogens is 283 g/mol. The largest absolute Gasteiger partial charge is 0.466 e. The molecule has 2 aliphatic carbocycles. The SMILES string of the molecule is CCOC(=O)C1CCC(OC(CP)C2CCCCC2)CC1. The monoisotopic (exact) mass is 314 g/mol. The fourth-order valence-electron chi connectivity index (χ4n) is 3.81. The Labute approximate surface area is 131 Å². The second-order valence-corrected chi connectivity index (χ2v) is 7.01. The van der Waals surface area contributed by atoms with Crippen LogP contribution in [0.1, 0.15) is 64.7 Å². The van der Waals surface area contributed by atoms with Crippen LogP contribution in [0.25, 0.3) is 0 Å². The van der Waals surface area contributed by atoms with Crippen LogP contribution in [-0.2, 0) is 14.3 Å². The molecule has 0 aliphatic heterocycles. The minimum absolute atomic E-state index is 0.00849. The summed E-state index contributed by atoms with van der Waals surface area (Å²) in [7, 11) is 2.87. The molecule has 0 saturated heterocycles. The van der Waals surface area contributed by atoms with Crippen molar-refractivity contribution in [2.75, 3.05) is 12.8 Å². The van der Waals surface area contributed by atoms with Crippen LogP contribution in [0.15, 0.2) is 0 Å². The number of carbonyl (C=O) groups excluding carboxylic acids is 1. The van der Waals surface area contributed by atoms with Gasteiger partial charge in [-0.1, -0.05) is 19.3 Å². The minimum atomic E-state index is -0.00849. The van der Waals surface area contributed by atoms with Crippen molar-refractivity contribution in [1.82, 2.24) is 0 Å². The summed E-state index contributed by atoms with van der Waals surface area (Å²) in [6, 6.07) is 0. The molecule has 2 fully saturated rings. The van der Waals surface area contributed by atoms with Crippen molar-refractivity contribution >= 4 is 15.2 Å². The Bertz CT molecular complexity index is 307. The zero-order valence-electron chi connectivity index (χ0n) is 13.4. The third-order valence-electron chi connectivity index (χ3n) is 5.07. The number of ether oxygens (including phenoxy) is 2. The molecule has 122 valence electrons. The quantitative estimate of drug-likeness (QED) is 0.550. The molecule has 0 radical (unpaired) electrons. The Hall–Kier alpha value is -0.140. The van der Waals surface area contributed by atoms with Gasteiger partial charge >= 0.3 is 5.97 Å². The van der Waals surface area contributed by atoms with E-state index in [-0.39, 0.29) is 11.9 Å². The molecule has 3 nitrogen and oxygen atoms in total. The first-order valence-electron chi connectivity index (χ1n) is 8.76. The molecule has 4 heteroatoms. The van der Waals surface area contributed by atoms with E-state index in [9.17, 15) is 4.79 Å². The molecule has 0 heterocycles. The Kier molecular flexibility index (Phi) is 7.46. The van der Waals surface area contributed by atoms with Gasteiger partial charge in [-0.25, -0.2) is 0 Å². The standard InChI is InChI=1S/C17H31O3P/c1-2-19-17(18)14-8-10-15(11-9-14)20-16(12-21)13-6-4-3-5-7-13/h13-16H,2-12,21H2,1H3. The van der Waals surface area contributed by atoms with E-state index in [1.54, 1.807) is 0 Å². The lowest BCUT2D eigenvalue weighted by Crippen LogP contribution is -2.35. The van der Waals surface area contributed by atoms with Crippen LogP contribution in [0.3, 0.4) is 0 Å². The fraction of sp³-hybridized carbons (Fsp3) is 0.941. The van der Waals surface area contributed by atoms with Crippen LogP contribution < -0.4 is 0 Å². The lowest BCUT2D eigenvalue weighted by atomic mass is 9.84. The second-order valence-electron chi connectivity index (χ2n) is 6.53. The second kappa shape index (κ2) is 9.10. The van der Waals surface area contributed by atoms with E-state index >= 15 is 0 Å². The van der Waals surface area contributed by atoms with Gasteiger partial charge in [0, 0.05) is 0 Å². The third kappa shape index (κ3) is 5.21. The molecule has 2 unspecified atom stereocenters. The first-order chi connectivity index (χ1) is 10.2. The topological polar surface area (TPSA) is 35.5 Å². The summed E-state index contributed by atoms with van der Waals surface area (Å²) in [4.78, 5) is 11.8. The molecule has 0 aromatic rings. The van der Waals surface area contributed by atoms with E-state index < -0.39 is 0 Å². The molecular formula is C17H31O3P. The summed E-state index contributed by atoms with van der Waals surface area (Å²) in [5.41, 5.74) is 0. The van der Waals surface area contributed by atoms with Gasteiger partial charge in [-0.3, -0.25) is 4.79 Å². The molecule has 2 atom stereocenters. The summed E-state index contributed by atoms with van der Waals surface area (Å²) < 4.78 is 11.5. The van der Waals surface area contributed by atoms with Crippen LogP contribution in [0, 0.1) is 11.8 Å². The van der Waals surface area contributed by atoms with Crippen molar-refractivity contribution < 1.29 is 14.3 Å². The summed E-state index contributed by atoms with van der Waals surface area (Å²) in [5, 5.41) is 0. The number of hydrogen-bond donors (Lipinski definition) is 0. The van der Waals surface area contributed by atoms with Crippen molar-refractivity contribution in [2.45, 2.75) is 76.9 Å². The molecule has 0 bridgehead atoms. The summed E-state index contributed by atoms with van der Waals surface area (Å²) in [6.45, 7) is 2.37. The lowest BCUT2D eigenvalue weighted by Gasteiger charge is -2.35. The molecule has 0 amide bonds. The maximum absolute atomic E-state index is 11.8. The molecule has 0 aromatic carbocycles. The van der Waals surface area contributed by atoms with Gasteiger partial charge in [0.05, 0.1) is 24.7 Å². The van der Waals surface area contributed by atoms with E-state index in [2.05, 4.69) is 9.24 Å². The molecule has 2 rings (SSSR count). The van der Waals surface area contributed by atoms with Gasteiger partial charge in [0.15, 0.2) is 0 Å². The van der Waals surface area contributed by atoms with Crippen LogP contribution >= 0.6 is 9.24 Å². The van der Waals surface area contributed by atoms with Crippen LogP contribution in [0.4, 0.5) is 0 Å². The van der Waals surface area contributed by atoms with Crippen LogP contribution in [-0.4, -0.2) is 30.9 Å². The lowest BCUT2D eigenvalue weighted by molar-refractivity contribution is -0.150. The van der Waals surface area contributed by atoms with E-state index in [0.29, 0.717) is 18.8 Å². The highest BCUT2D eigenvalue weighted by molar-refractivity contribution is 7.16. The number of carbonyl (C=O) groups is 1. The molecule has 0 spiro atoms. The van der Waals surface area contributed by atoms with E-state index in [1.165, 1.54) is 32.1 Å². The fourth-order valence-corrected chi connectivity index (χ4v) is 4.30. The smallest absolute Gasteiger partial charge is 0.308 e. The molecule has 2 saturated carbocycles. The van der Waals surface area contributed by atoms with Crippen molar-refractivity contribution in [3.05, 3.63) is 0 Å². The Balaban J connectivity index is 1.74. The van der Waals surface area contributed by atoms with E-state index in [1.807, 2.05) is 6.92 Å². The van der Waals surface area contributed by atoms with Gasteiger partial charge < -0.3 is 9.47 Å². The first-order valence-corrected chi connectivity index (χ1v) is 9.58. The number of esters is 1. The van der Waals surface area contributed by atoms with Gasteiger partial charge in [0.25, 0.3) is 0 Å². The average molecular weight is 314 g/mol. The maximum atomic E-state index is 11.8. The summed E-state index contributed by atoms with van der Waals surface area (Å²) in [5.74, 6) is 0.846. The van der Waals surface area contributed by atoms with Gasteiger partial charge in [0.2, 0.25) is 0 Å². The molecule has 0 N–H and O–H groups in total. The highest BCUT2D eigenvalue weighted by Crippen LogP contribution is 2.33. The number of rotatable bonds is 6. The van der Waals surface area contributed by atoms with Crippen molar-refractivity contribution in [2.24, 2.45) is 11.8 Å². The highest BCUT2D eigenvalue weighted by atomic mass is 31.0. The molecule has 0 aromatic heterocycles. The van der Waals surface area contributed by atoms with Crippen molar-refractivity contribution in [1.29, 1.82) is 0 Å². The first kappa shape index (κ1) is 17.2. The zero-order valence-corrected chi connectivity index (χ0v) is 14.5. The average Bonchev–Trinajstić information content (AvgIpc) is 2.54. The summed E-state index contributed by atoms with van der Waals surface area (Å²) in [6.07, 6.45) is 12.5. The van der Waals surface area contributed by atoms with Crippen LogP contribution in [0.2, 0.25) is 0 Å². The molecule has 2 aliphatic rings. The Morgan fingerprint density at radius 2 is 1.76 bits per heavy atom. The zero-order chi connectivity index (χ0) is 15.1. The molecule has 21 heavy (non-hydrogen) atoms. The van der Waals surface area contributed by atoms with E-state index in [0.717, 1.165) is 37.8 Å². The maximum Gasteiger partial charge on any atom is 0.308 e. The van der Waals surface area contributed by atoms with Gasteiger partial charge in [-0.05, 0) is 57.5 Å². The normalized spacial score (nSPS) is 29.0. The predicted molar refractivity (Wildman–Crippen MR) is 88.4 cm³/mol. The van der Waals surface area contributed by atoms with E-state index in [4.69, 9.17) is 9.47 Å². The Morgan fingerprint density at radius 1 is 1.10 bits per heavy atom.